The molecule has 0 bridgehead atoms. The third-order valence-electron chi connectivity index (χ3n) is 6.59. The molecule has 0 saturated carbocycles. The molecule has 0 atom stereocenters. The highest BCUT2D eigenvalue weighted by molar-refractivity contribution is 7.17. The molecule has 3 heterocycles. The van der Waals surface area contributed by atoms with E-state index >= 15 is 0 Å². The summed E-state index contributed by atoms with van der Waals surface area (Å²) in [4.78, 5) is 18.2. The van der Waals surface area contributed by atoms with E-state index in [0.717, 1.165) is 17.4 Å². The maximum atomic E-state index is 14.0. The molecule has 5 rings (SSSR count). The number of alkyl carbamates (subject to hydrolysis) is 1. The molecular formula is C28H25F6N5O3S. The Morgan fingerprint density at radius 1 is 1.07 bits per heavy atom. The molecule has 1 saturated heterocycles. The zero-order valence-corrected chi connectivity index (χ0v) is 23.8. The average Bonchev–Trinajstić information content (AvgIpc) is 3.48. The first-order valence-corrected chi connectivity index (χ1v) is 13.8. The Bertz CT molecular complexity index is 1720. The number of aromatic nitrogens is 1. The molecule has 1 fully saturated rings. The van der Waals surface area contributed by atoms with Crippen LogP contribution in [0.4, 0.5) is 36.3 Å². The molecule has 2 aliphatic heterocycles. The molecule has 3 aromatic rings. The van der Waals surface area contributed by atoms with Crippen molar-refractivity contribution in [3.63, 3.8) is 0 Å². The van der Waals surface area contributed by atoms with E-state index in [1.54, 1.807) is 43.9 Å². The Balaban J connectivity index is 1.50. The van der Waals surface area contributed by atoms with Crippen LogP contribution in [-0.4, -0.2) is 47.1 Å². The van der Waals surface area contributed by atoms with Gasteiger partial charge in [0.2, 0.25) is 5.88 Å². The van der Waals surface area contributed by atoms with Crippen LogP contribution in [0.25, 0.3) is 5.57 Å². The van der Waals surface area contributed by atoms with Gasteiger partial charge in [-0.15, -0.1) is 0 Å². The number of nitrogens with zero attached hydrogens (tertiary/aromatic N) is 4. The number of rotatable bonds is 5. The number of hydrogen-bond donors (Lipinski definition) is 2. The second-order valence-corrected chi connectivity index (χ2v) is 12.0. The Morgan fingerprint density at radius 3 is 2.44 bits per heavy atom. The number of fused-ring (bicyclic) bond motifs is 1. The molecule has 0 radical (unpaired) electrons. The standard InChI is InChI=1S/C28H25F6N5O3S/c1-26(2,3)42-25(41)36-18-12-39(13-18)24-37-23(40)22(43-24)19(14-5-7-21-16(8-14)11-35-38-21)9-15-4-6-17(27(29,30)31)10-20(15)28(32,33)34/h4-8,10-11,18,40H,9,12-13H2,1-3H3,(H,36,41). The molecule has 2 N–H and O–H groups in total. The van der Waals surface area contributed by atoms with Crippen LogP contribution in [0.3, 0.4) is 0 Å². The number of carbonyl (C=O) groups excluding carboxylic acids is 1. The second-order valence-electron chi connectivity index (χ2n) is 11.0. The van der Waals surface area contributed by atoms with Gasteiger partial charge in [-0.25, -0.2) is 4.79 Å². The summed E-state index contributed by atoms with van der Waals surface area (Å²) in [5.41, 5.74) is -3.13. The minimum atomic E-state index is -5.07. The van der Waals surface area contributed by atoms with Crippen LogP contribution in [-0.2, 0) is 23.5 Å². The fraction of sp³-hybridized carbons (Fsp3) is 0.357. The number of ether oxygens (including phenoxy) is 1. The quantitative estimate of drug-likeness (QED) is 0.389. The number of thiazole rings is 1. The first-order valence-electron chi connectivity index (χ1n) is 12.9. The van der Waals surface area contributed by atoms with Crippen molar-refractivity contribution in [1.29, 1.82) is 0 Å². The maximum absolute atomic E-state index is 14.0. The van der Waals surface area contributed by atoms with Crippen molar-refractivity contribution in [3.8, 4) is 5.88 Å². The van der Waals surface area contributed by atoms with Crippen LogP contribution in [0.1, 0.15) is 47.9 Å². The molecule has 2 aromatic carbocycles. The summed E-state index contributed by atoms with van der Waals surface area (Å²) in [7, 11) is 0. The molecular weight excluding hydrogens is 600 g/mol. The maximum Gasteiger partial charge on any atom is 0.416 e. The number of benzene rings is 2. The Kier molecular flexibility index (Phi) is 7.65. The lowest BCUT2D eigenvalue weighted by Gasteiger charge is -2.39. The monoisotopic (exact) mass is 625 g/mol. The number of anilines is 1. The Labute approximate surface area is 245 Å². The van der Waals surface area contributed by atoms with Crippen LogP contribution >= 0.6 is 11.3 Å². The second kappa shape index (κ2) is 10.8. The summed E-state index contributed by atoms with van der Waals surface area (Å²) < 4.78 is 87.1. The summed E-state index contributed by atoms with van der Waals surface area (Å²) >= 11 is 1.02. The molecule has 0 unspecified atom stereocenters. The molecule has 1 aromatic heterocycles. The highest BCUT2D eigenvalue weighted by Gasteiger charge is 2.39. The van der Waals surface area contributed by atoms with Gasteiger partial charge in [0.25, 0.3) is 0 Å². The van der Waals surface area contributed by atoms with Crippen molar-refractivity contribution in [2.45, 2.75) is 51.2 Å². The normalized spacial score (nSPS) is 16.0. The Morgan fingerprint density at radius 2 is 1.79 bits per heavy atom. The molecule has 15 heteroatoms. The van der Waals surface area contributed by atoms with E-state index in [4.69, 9.17) is 4.74 Å². The zero-order valence-electron chi connectivity index (χ0n) is 23.0. The van der Waals surface area contributed by atoms with Gasteiger partial charge in [0.1, 0.15) is 5.60 Å². The van der Waals surface area contributed by atoms with Gasteiger partial charge in [0.05, 0.1) is 33.6 Å². The number of alkyl halides is 6. The van der Waals surface area contributed by atoms with E-state index in [1.165, 1.54) is 6.21 Å². The van der Waals surface area contributed by atoms with Crippen molar-refractivity contribution in [2.75, 3.05) is 18.0 Å². The minimum absolute atomic E-state index is 0.0943. The third kappa shape index (κ3) is 6.76. The molecule has 0 spiro atoms. The smallest absolute Gasteiger partial charge is 0.416 e. The van der Waals surface area contributed by atoms with Crippen LogP contribution < -0.4 is 20.8 Å². The number of amides is 1. The third-order valence-corrected chi connectivity index (χ3v) is 7.76. The fourth-order valence-corrected chi connectivity index (χ4v) is 5.64. The summed E-state index contributed by atoms with van der Waals surface area (Å²) in [5, 5.41) is 22.7. The average molecular weight is 626 g/mol. The minimum Gasteiger partial charge on any atom is -0.492 e. The van der Waals surface area contributed by atoms with E-state index in [9.17, 15) is 36.2 Å². The topological polar surface area (TPSA) is 99.4 Å². The number of nitrogens with one attached hydrogen (secondary N) is 1. The lowest BCUT2D eigenvalue weighted by atomic mass is 9.94. The molecule has 0 aliphatic carbocycles. The fourth-order valence-electron chi connectivity index (χ4n) is 4.60. The first kappa shape index (κ1) is 30.3. The van der Waals surface area contributed by atoms with E-state index < -0.39 is 53.0 Å². The predicted octanol–water partition coefficient (Wildman–Crippen LogP) is 5.01. The number of halogens is 6. The largest absolute Gasteiger partial charge is 0.492 e. The van der Waals surface area contributed by atoms with Gasteiger partial charge in [-0.3, -0.25) is 0 Å². The van der Waals surface area contributed by atoms with Gasteiger partial charge in [-0.2, -0.15) is 41.5 Å². The summed E-state index contributed by atoms with van der Waals surface area (Å²) in [5.74, 6) is -0.446. The van der Waals surface area contributed by atoms with Gasteiger partial charge >= 0.3 is 18.4 Å². The van der Waals surface area contributed by atoms with E-state index in [2.05, 4.69) is 20.5 Å². The van der Waals surface area contributed by atoms with Crippen molar-refractivity contribution in [3.05, 3.63) is 74.1 Å². The van der Waals surface area contributed by atoms with E-state index in [0.29, 0.717) is 40.4 Å². The summed E-state index contributed by atoms with van der Waals surface area (Å²) in [6.07, 6.45) is -9.62. The lowest BCUT2D eigenvalue weighted by Crippen LogP contribution is -2.60. The number of carbonyl (C=O) groups is 1. The lowest BCUT2D eigenvalue weighted by molar-refractivity contribution is -0.143. The molecule has 43 heavy (non-hydrogen) atoms. The number of hydrogen-bond acceptors (Lipinski definition) is 8. The highest BCUT2D eigenvalue weighted by Crippen LogP contribution is 2.41. The van der Waals surface area contributed by atoms with Crippen molar-refractivity contribution < 1.29 is 41.0 Å². The molecule has 2 aliphatic rings. The van der Waals surface area contributed by atoms with Crippen molar-refractivity contribution in [2.24, 2.45) is 10.2 Å². The van der Waals surface area contributed by atoms with Gasteiger partial charge in [0, 0.05) is 25.1 Å². The molecule has 8 nitrogen and oxygen atoms in total. The SMILES string of the molecule is CC(C)(C)OC(=O)NC1CN(c2nc(O)c(C(Cc3ccc(C(F)(F)F)cc3C(F)(F)F)=c3ccc4c(c3)C=NN=4)s2)C1. The van der Waals surface area contributed by atoms with Crippen LogP contribution in [0.5, 0.6) is 5.88 Å². The van der Waals surface area contributed by atoms with Gasteiger partial charge < -0.3 is 20.1 Å². The van der Waals surface area contributed by atoms with E-state index in [-0.39, 0.29) is 22.6 Å². The van der Waals surface area contributed by atoms with Gasteiger partial charge in [-0.1, -0.05) is 23.5 Å². The molecule has 1 amide bonds. The van der Waals surface area contributed by atoms with Gasteiger partial charge in [-0.05, 0) is 61.4 Å². The Hall–Kier alpha value is -4.14. The van der Waals surface area contributed by atoms with E-state index in [1.807, 2.05) is 0 Å². The van der Waals surface area contributed by atoms with Crippen molar-refractivity contribution in [1.82, 2.24) is 10.3 Å². The summed E-state index contributed by atoms with van der Waals surface area (Å²) in [6.45, 7) is 5.89. The number of aromatic hydroxyl groups is 1. The zero-order chi connectivity index (χ0) is 31.3. The predicted molar refractivity (Wildman–Crippen MR) is 147 cm³/mol. The van der Waals surface area contributed by atoms with Crippen LogP contribution in [0.15, 0.2) is 46.6 Å². The molecule has 228 valence electrons. The first-order chi connectivity index (χ1) is 20.0. The van der Waals surface area contributed by atoms with Crippen molar-refractivity contribution >= 4 is 34.3 Å². The van der Waals surface area contributed by atoms with Crippen LogP contribution in [0, 0.1) is 0 Å². The van der Waals surface area contributed by atoms with Gasteiger partial charge in [0.15, 0.2) is 5.13 Å². The van der Waals surface area contributed by atoms with Crippen LogP contribution in [0.2, 0.25) is 0 Å². The summed E-state index contributed by atoms with van der Waals surface area (Å²) in [6, 6.07) is 6.07. The highest BCUT2D eigenvalue weighted by atomic mass is 32.1.